The Bertz CT molecular complexity index is 754. The second-order valence-corrected chi connectivity index (χ2v) is 6.55. The SMILES string of the molecule is CC(COCC(F)(F)F)NC(=O)CN1C(=O)NC(C)(c2ccc(F)cc2)C1=O. The van der Waals surface area contributed by atoms with Crippen molar-refractivity contribution in [3.05, 3.63) is 35.6 Å². The van der Waals surface area contributed by atoms with Crippen molar-refractivity contribution in [3.8, 4) is 0 Å². The van der Waals surface area contributed by atoms with Crippen LogP contribution in [0, 0.1) is 5.82 Å². The van der Waals surface area contributed by atoms with Crippen molar-refractivity contribution < 1.29 is 36.7 Å². The molecule has 1 aromatic carbocycles. The van der Waals surface area contributed by atoms with Crippen molar-refractivity contribution in [2.75, 3.05) is 19.8 Å². The van der Waals surface area contributed by atoms with Crippen LogP contribution in [0.5, 0.6) is 0 Å². The average Bonchev–Trinajstić information content (AvgIpc) is 2.78. The van der Waals surface area contributed by atoms with E-state index in [1.54, 1.807) is 0 Å². The molecule has 1 fully saturated rings. The van der Waals surface area contributed by atoms with Crippen LogP contribution in [0.15, 0.2) is 24.3 Å². The lowest BCUT2D eigenvalue weighted by Crippen LogP contribution is -2.46. The zero-order valence-corrected chi connectivity index (χ0v) is 15.1. The van der Waals surface area contributed by atoms with Gasteiger partial charge in [0.05, 0.1) is 6.61 Å². The molecule has 28 heavy (non-hydrogen) atoms. The number of benzene rings is 1. The van der Waals surface area contributed by atoms with Gasteiger partial charge in [-0.15, -0.1) is 0 Å². The molecular weight excluding hydrogens is 386 g/mol. The van der Waals surface area contributed by atoms with Crippen LogP contribution in [0.25, 0.3) is 0 Å². The Hall–Kier alpha value is -2.69. The molecule has 1 saturated heterocycles. The minimum atomic E-state index is -4.48. The van der Waals surface area contributed by atoms with Crippen LogP contribution in [-0.4, -0.2) is 54.7 Å². The Labute approximate surface area is 158 Å². The molecule has 4 amide bonds. The highest BCUT2D eigenvalue weighted by Gasteiger charge is 2.49. The van der Waals surface area contributed by atoms with Gasteiger partial charge in [0.1, 0.15) is 24.5 Å². The molecule has 0 spiro atoms. The van der Waals surface area contributed by atoms with Crippen LogP contribution < -0.4 is 10.6 Å². The first-order chi connectivity index (χ1) is 12.9. The number of ether oxygens (including phenoxy) is 1. The van der Waals surface area contributed by atoms with E-state index in [4.69, 9.17) is 0 Å². The monoisotopic (exact) mass is 405 g/mol. The van der Waals surface area contributed by atoms with Gasteiger partial charge in [0.2, 0.25) is 5.91 Å². The van der Waals surface area contributed by atoms with Crippen molar-refractivity contribution in [1.82, 2.24) is 15.5 Å². The summed E-state index contributed by atoms with van der Waals surface area (Å²) in [6.45, 7) is 0.384. The molecule has 2 N–H and O–H groups in total. The number of urea groups is 1. The molecule has 0 aromatic heterocycles. The lowest BCUT2D eigenvalue weighted by Gasteiger charge is -2.22. The number of carbonyl (C=O) groups is 3. The van der Waals surface area contributed by atoms with E-state index in [1.807, 2.05) is 0 Å². The number of alkyl halides is 3. The molecule has 154 valence electrons. The zero-order valence-electron chi connectivity index (χ0n) is 15.1. The summed E-state index contributed by atoms with van der Waals surface area (Å²) in [5, 5.41) is 4.81. The number of hydrogen-bond acceptors (Lipinski definition) is 4. The highest BCUT2D eigenvalue weighted by atomic mass is 19.4. The first kappa shape index (κ1) is 21.6. The lowest BCUT2D eigenvalue weighted by atomic mass is 9.92. The van der Waals surface area contributed by atoms with Crippen molar-refractivity contribution in [3.63, 3.8) is 0 Å². The summed E-state index contributed by atoms with van der Waals surface area (Å²) in [6, 6.07) is 3.39. The molecule has 2 rings (SSSR count). The lowest BCUT2D eigenvalue weighted by molar-refractivity contribution is -0.175. The molecule has 2 unspecified atom stereocenters. The summed E-state index contributed by atoms with van der Waals surface area (Å²) in [6.07, 6.45) is -4.48. The number of imide groups is 1. The molecule has 2 atom stereocenters. The number of halogens is 4. The molecular formula is C17H19F4N3O4. The largest absolute Gasteiger partial charge is 0.411 e. The smallest absolute Gasteiger partial charge is 0.370 e. The van der Waals surface area contributed by atoms with E-state index in [-0.39, 0.29) is 0 Å². The van der Waals surface area contributed by atoms with Crippen molar-refractivity contribution in [1.29, 1.82) is 0 Å². The van der Waals surface area contributed by atoms with E-state index in [9.17, 15) is 31.9 Å². The van der Waals surface area contributed by atoms with Gasteiger partial charge in [0, 0.05) is 6.04 Å². The first-order valence-electron chi connectivity index (χ1n) is 8.26. The molecule has 1 aromatic rings. The minimum absolute atomic E-state index is 0.337. The van der Waals surface area contributed by atoms with Gasteiger partial charge in [-0.3, -0.25) is 14.5 Å². The molecule has 0 radical (unpaired) electrons. The number of nitrogens with zero attached hydrogens (tertiary/aromatic N) is 1. The van der Waals surface area contributed by atoms with Crippen molar-refractivity contribution >= 4 is 17.8 Å². The number of nitrogens with one attached hydrogen (secondary N) is 2. The summed E-state index contributed by atoms with van der Waals surface area (Å²) in [4.78, 5) is 37.5. The molecule has 0 saturated carbocycles. The fourth-order valence-electron chi connectivity index (χ4n) is 2.68. The summed E-state index contributed by atoms with van der Waals surface area (Å²) in [5.74, 6) is -1.96. The molecule has 0 bridgehead atoms. The van der Waals surface area contributed by atoms with Crippen LogP contribution >= 0.6 is 0 Å². The standard InChI is InChI=1S/C17H19F4N3O4/c1-10(8-28-9-17(19,20)21)22-13(25)7-24-14(26)16(2,23-15(24)27)11-3-5-12(18)6-4-11/h3-6,10H,7-9H2,1-2H3,(H,22,25)(H,23,27). The highest BCUT2D eigenvalue weighted by molar-refractivity contribution is 6.09. The van der Waals surface area contributed by atoms with Gasteiger partial charge >= 0.3 is 12.2 Å². The van der Waals surface area contributed by atoms with Crippen LogP contribution in [-0.2, 0) is 19.9 Å². The third-order valence-corrected chi connectivity index (χ3v) is 4.04. The van der Waals surface area contributed by atoms with Gasteiger partial charge in [0.15, 0.2) is 0 Å². The van der Waals surface area contributed by atoms with Crippen LogP contribution in [0.4, 0.5) is 22.4 Å². The predicted molar refractivity (Wildman–Crippen MR) is 88.5 cm³/mol. The van der Waals surface area contributed by atoms with E-state index in [0.717, 1.165) is 12.1 Å². The maximum atomic E-state index is 13.1. The van der Waals surface area contributed by atoms with Gasteiger partial charge in [-0.2, -0.15) is 13.2 Å². The van der Waals surface area contributed by atoms with E-state index >= 15 is 0 Å². The maximum absolute atomic E-state index is 13.1. The third-order valence-electron chi connectivity index (χ3n) is 4.04. The maximum Gasteiger partial charge on any atom is 0.411 e. The Balaban J connectivity index is 1.94. The van der Waals surface area contributed by atoms with Gasteiger partial charge in [0.25, 0.3) is 5.91 Å². The fraction of sp³-hybridized carbons (Fsp3) is 0.471. The van der Waals surface area contributed by atoms with E-state index in [2.05, 4.69) is 15.4 Å². The zero-order chi connectivity index (χ0) is 21.1. The predicted octanol–water partition coefficient (Wildman–Crippen LogP) is 1.68. The molecule has 0 aliphatic carbocycles. The van der Waals surface area contributed by atoms with Crippen LogP contribution in [0.1, 0.15) is 19.4 Å². The quantitative estimate of drug-likeness (QED) is 0.534. The normalized spacial score (nSPS) is 20.9. The summed E-state index contributed by atoms with van der Waals surface area (Å²) >= 11 is 0. The van der Waals surface area contributed by atoms with Gasteiger partial charge in [-0.05, 0) is 31.5 Å². The topological polar surface area (TPSA) is 87.7 Å². The van der Waals surface area contributed by atoms with Crippen molar-refractivity contribution in [2.24, 2.45) is 0 Å². The molecule has 1 aliphatic heterocycles. The Kier molecular flexibility index (Phi) is 6.27. The average molecular weight is 405 g/mol. The van der Waals surface area contributed by atoms with Crippen LogP contribution in [0.3, 0.4) is 0 Å². The summed E-state index contributed by atoms with van der Waals surface area (Å²) in [7, 11) is 0. The first-order valence-corrected chi connectivity index (χ1v) is 8.26. The second-order valence-electron chi connectivity index (χ2n) is 6.55. The highest BCUT2D eigenvalue weighted by Crippen LogP contribution is 2.28. The number of amides is 4. The Morgan fingerprint density at radius 3 is 2.46 bits per heavy atom. The third kappa shape index (κ3) is 5.18. The van der Waals surface area contributed by atoms with Gasteiger partial charge in [-0.1, -0.05) is 12.1 Å². The summed E-state index contributed by atoms with van der Waals surface area (Å²) < 4.78 is 53.6. The molecule has 11 heteroatoms. The fourth-order valence-corrected chi connectivity index (χ4v) is 2.68. The van der Waals surface area contributed by atoms with Crippen LogP contribution in [0.2, 0.25) is 0 Å². The Morgan fingerprint density at radius 1 is 1.29 bits per heavy atom. The molecule has 1 heterocycles. The van der Waals surface area contributed by atoms with E-state index in [1.165, 1.54) is 26.0 Å². The van der Waals surface area contributed by atoms with E-state index < -0.39 is 61.2 Å². The summed E-state index contributed by atoms with van der Waals surface area (Å²) in [5.41, 5.74) is -1.13. The van der Waals surface area contributed by atoms with E-state index in [0.29, 0.717) is 10.5 Å². The Morgan fingerprint density at radius 2 is 1.89 bits per heavy atom. The number of hydrogen-bond donors (Lipinski definition) is 2. The van der Waals surface area contributed by atoms with Gasteiger partial charge < -0.3 is 15.4 Å². The number of rotatable bonds is 7. The number of carbonyl (C=O) groups excluding carboxylic acids is 3. The second kappa shape index (κ2) is 8.13. The minimum Gasteiger partial charge on any atom is -0.370 e. The van der Waals surface area contributed by atoms with Gasteiger partial charge in [-0.25, -0.2) is 9.18 Å². The molecule has 7 nitrogen and oxygen atoms in total. The van der Waals surface area contributed by atoms with Crippen molar-refractivity contribution in [2.45, 2.75) is 31.6 Å². The molecule has 1 aliphatic rings.